The van der Waals surface area contributed by atoms with Crippen LogP contribution in [0.5, 0.6) is 5.75 Å². The summed E-state index contributed by atoms with van der Waals surface area (Å²) in [5.41, 5.74) is 7.52. The Morgan fingerprint density at radius 3 is 3.07 bits per heavy atom. The third kappa shape index (κ3) is 0.947. The van der Waals surface area contributed by atoms with Crippen molar-refractivity contribution in [3.8, 4) is 5.75 Å². The number of hydrogen-bond acceptors (Lipinski definition) is 2. The van der Waals surface area contributed by atoms with Crippen LogP contribution in [0.15, 0.2) is 24.3 Å². The van der Waals surface area contributed by atoms with Crippen LogP contribution in [0.2, 0.25) is 0 Å². The summed E-state index contributed by atoms with van der Waals surface area (Å²) in [6, 6.07) is 8.41. The van der Waals surface area contributed by atoms with Crippen LogP contribution < -0.4 is 10.5 Å². The predicted octanol–water partition coefficient (Wildman–Crippen LogP) is 1.69. The standard InChI is InChI=1S/C12H15NO/c13-8-9-7-12(9)5-6-14-11-4-2-1-3-10(11)12/h1-4,9H,5-8,13H2/t9-,12-/m1/s1. The molecule has 3 rings (SSSR count). The highest BCUT2D eigenvalue weighted by Gasteiger charge is 2.56. The zero-order chi connectivity index (χ0) is 9.60. The lowest BCUT2D eigenvalue weighted by Crippen LogP contribution is -2.23. The fourth-order valence-corrected chi connectivity index (χ4v) is 2.81. The molecule has 1 aromatic rings. The summed E-state index contributed by atoms with van der Waals surface area (Å²) >= 11 is 0. The van der Waals surface area contributed by atoms with Gasteiger partial charge >= 0.3 is 0 Å². The van der Waals surface area contributed by atoms with Gasteiger partial charge in [0.1, 0.15) is 5.75 Å². The van der Waals surface area contributed by atoms with Gasteiger partial charge in [-0.1, -0.05) is 18.2 Å². The molecule has 1 aromatic carbocycles. The summed E-state index contributed by atoms with van der Waals surface area (Å²) in [4.78, 5) is 0. The molecule has 1 saturated carbocycles. The molecule has 2 nitrogen and oxygen atoms in total. The molecule has 0 unspecified atom stereocenters. The zero-order valence-electron chi connectivity index (χ0n) is 8.20. The van der Waals surface area contributed by atoms with Gasteiger partial charge in [-0.3, -0.25) is 0 Å². The Kier molecular flexibility index (Phi) is 1.62. The van der Waals surface area contributed by atoms with Crippen molar-refractivity contribution in [1.29, 1.82) is 0 Å². The van der Waals surface area contributed by atoms with Crippen molar-refractivity contribution in [1.82, 2.24) is 0 Å². The second-order valence-corrected chi connectivity index (χ2v) is 4.39. The molecule has 0 aromatic heterocycles. The summed E-state index contributed by atoms with van der Waals surface area (Å²) < 4.78 is 5.65. The van der Waals surface area contributed by atoms with Crippen LogP contribution in [0.25, 0.3) is 0 Å². The molecular weight excluding hydrogens is 174 g/mol. The maximum atomic E-state index is 5.76. The second-order valence-electron chi connectivity index (χ2n) is 4.39. The van der Waals surface area contributed by atoms with E-state index >= 15 is 0 Å². The first-order chi connectivity index (χ1) is 6.87. The molecule has 0 radical (unpaired) electrons. The normalized spacial score (nSPS) is 33.6. The average molecular weight is 189 g/mol. The molecule has 2 atom stereocenters. The molecule has 1 spiro atoms. The van der Waals surface area contributed by atoms with Gasteiger partial charge < -0.3 is 10.5 Å². The van der Waals surface area contributed by atoms with E-state index in [1.165, 1.54) is 12.0 Å². The molecule has 1 aliphatic heterocycles. The molecule has 2 aliphatic rings. The van der Waals surface area contributed by atoms with E-state index in [-0.39, 0.29) is 0 Å². The van der Waals surface area contributed by atoms with Gasteiger partial charge in [0.05, 0.1) is 6.61 Å². The Morgan fingerprint density at radius 2 is 2.29 bits per heavy atom. The Balaban J connectivity index is 2.05. The molecule has 74 valence electrons. The van der Waals surface area contributed by atoms with Crippen LogP contribution in [0.1, 0.15) is 18.4 Å². The topological polar surface area (TPSA) is 35.2 Å². The highest BCUT2D eigenvalue weighted by molar-refractivity contribution is 5.46. The van der Waals surface area contributed by atoms with E-state index in [9.17, 15) is 0 Å². The Hall–Kier alpha value is -1.02. The molecule has 1 heterocycles. The van der Waals surface area contributed by atoms with E-state index in [0.717, 1.165) is 25.3 Å². The number of rotatable bonds is 1. The molecular formula is C12H15NO. The molecule has 0 amide bonds. The molecule has 0 saturated heterocycles. The van der Waals surface area contributed by atoms with Crippen molar-refractivity contribution in [2.75, 3.05) is 13.2 Å². The minimum Gasteiger partial charge on any atom is -0.493 e. The highest BCUT2D eigenvalue weighted by atomic mass is 16.5. The molecule has 1 aliphatic carbocycles. The van der Waals surface area contributed by atoms with Crippen LogP contribution in [-0.4, -0.2) is 13.2 Å². The monoisotopic (exact) mass is 189 g/mol. The van der Waals surface area contributed by atoms with Crippen molar-refractivity contribution in [3.63, 3.8) is 0 Å². The minimum atomic E-state index is 0.379. The maximum Gasteiger partial charge on any atom is 0.123 e. The number of nitrogens with two attached hydrogens (primary N) is 1. The van der Waals surface area contributed by atoms with Gasteiger partial charge in [-0.25, -0.2) is 0 Å². The number of hydrogen-bond donors (Lipinski definition) is 1. The van der Waals surface area contributed by atoms with Crippen LogP contribution in [0.3, 0.4) is 0 Å². The van der Waals surface area contributed by atoms with Gasteiger partial charge in [0.25, 0.3) is 0 Å². The fraction of sp³-hybridized carbons (Fsp3) is 0.500. The third-order valence-corrected chi connectivity index (χ3v) is 3.75. The fourth-order valence-electron chi connectivity index (χ4n) is 2.81. The molecule has 2 N–H and O–H groups in total. The van der Waals surface area contributed by atoms with Crippen molar-refractivity contribution >= 4 is 0 Å². The average Bonchev–Trinajstić information content (AvgIpc) is 2.94. The van der Waals surface area contributed by atoms with Gasteiger partial charge in [0.2, 0.25) is 0 Å². The summed E-state index contributed by atoms with van der Waals surface area (Å²) in [6.07, 6.45) is 2.40. The van der Waals surface area contributed by atoms with E-state index in [1.807, 2.05) is 6.07 Å². The summed E-state index contributed by atoms with van der Waals surface area (Å²) in [5, 5.41) is 0. The van der Waals surface area contributed by atoms with Crippen LogP contribution in [0.4, 0.5) is 0 Å². The summed E-state index contributed by atoms with van der Waals surface area (Å²) in [6.45, 7) is 1.67. The first kappa shape index (κ1) is 8.30. The minimum absolute atomic E-state index is 0.379. The highest BCUT2D eigenvalue weighted by Crippen LogP contribution is 2.59. The number of fused-ring (bicyclic) bond motifs is 2. The Labute approximate surface area is 84.1 Å². The van der Waals surface area contributed by atoms with Crippen molar-refractivity contribution in [3.05, 3.63) is 29.8 Å². The molecule has 2 heteroatoms. The SMILES string of the molecule is NC[C@H]1C[C@]12CCOc1ccccc12. The van der Waals surface area contributed by atoms with Crippen LogP contribution in [-0.2, 0) is 5.41 Å². The van der Waals surface area contributed by atoms with E-state index < -0.39 is 0 Å². The van der Waals surface area contributed by atoms with Gasteiger partial charge in [-0.05, 0) is 31.4 Å². The van der Waals surface area contributed by atoms with Gasteiger partial charge in [-0.15, -0.1) is 0 Å². The van der Waals surface area contributed by atoms with E-state index in [1.54, 1.807) is 0 Å². The van der Waals surface area contributed by atoms with E-state index in [4.69, 9.17) is 10.5 Å². The third-order valence-electron chi connectivity index (χ3n) is 3.75. The largest absolute Gasteiger partial charge is 0.493 e. The number of benzene rings is 1. The van der Waals surface area contributed by atoms with Crippen molar-refractivity contribution in [2.24, 2.45) is 11.7 Å². The smallest absolute Gasteiger partial charge is 0.123 e. The molecule has 0 bridgehead atoms. The van der Waals surface area contributed by atoms with Crippen molar-refractivity contribution < 1.29 is 4.74 Å². The molecule has 1 fully saturated rings. The molecule has 14 heavy (non-hydrogen) atoms. The van der Waals surface area contributed by atoms with Crippen molar-refractivity contribution in [2.45, 2.75) is 18.3 Å². The summed E-state index contributed by atoms with van der Waals surface area (Å²) in [7, 11) is 0. The number of ether oxygens (including phenoxy) is 1. The Morgan fingerprint density at radius 1 is 1.43 bits per heavy atom. The zero-order valence-corrected chi connectivity index (χ0v) is 8.20. The summed E-state index contributed by atoms with van der Waals surface area (Å²) in [5.74, 6) is 1.77. The van der Waals surface area contributed by atoms with Crippen LogP contribution in [0, 0.1) is 5.92 Å². The second kappa shape index (κ2) is 2.74. The first-order valence-corrected chi connectivity index (χ1v) is 5.29. The lowest BCUT2D eigenvalue weighted by molar-refractivity contribution is 0.254. The van der Waals surface area contributed by atoms with Crippen LogP contribution >= 0.6 is 0 Å². The maximum absolute atomic E-state index is 5.76. The Bertz CT molecular complexity index is 363. The predicted molar refractivity (Wildman–Crippen MR) is 55.4 cm³/mol. The first-order valence-electron chi connectivity index (χ1n) is 5.29. The number of para-hydroxylation sites is 1. The van der Waals surface area contributed by atoms with Gasteiger partial charge in [-0.2, -0.15) is 0 Å². The van der Waals surface area contributed by atoms with E-state index in [2.05, 4.69) is 18.2 Å². The van der Waals surface area contributed by atoms with E-state index in [0.29, 0.717) is 11.3 Å². The lowest BCUT2D eigenvalue weighted by Gasteiger charge is -2.26. The van der Waals surface area contributed by atoms with Gasteiger partial charge in [0.15, 0.2) is 0 Å². The quantitative estimate of drug-likeness (QED) is 0.729. The lowest BCUT2D eigenvalue weighted by atomic mass is 9.87. The van der Waals surface area contributed by atoms with Gasteiger partial charge in [0, 0.05) is 11.0 Å².